The highest BCUT2D eigenvalue weighted by atomic mass is 16.3. The third kappa shape index (κ3) is 2.19. The second kappa shape index (κ2) is 3.57. The molecule has 1 rings (SSSR count). The molecule has 3 atom stereocenters. The molecule has 1 nitrogen and oxygen atoms in total. The standard InChI is InChI=1S/C10H20O/c1-7(2)10-5-4-9(11)6-8(10)3/h7-11H,4-6H2,1-3H3/t8-,9-,10-/m0/s1. The molecule has 1 N–H and O–H groups in total. The predicted molar refractivity (Wildman–Crippen MR) is 47.3 cm³/mol. The summed E-state index contributed by atoms with van der Waals surface area (Å²) in [5.74, 6) is 2.36. The Kier molecular flexibility index (Phi) is 2.94. The minimum absolute atomic E-state index is 0.0139. The summed E-state index contributed by atoms with van der Waals surface area (Å²) in [7, 11) is 0. The van der Waals surface area contributed by atoms with Gasteiger partial charge in [-0.2, -0.15) is 0 Å². The van der Waals surface area contributed by atoms with Crippen LogP contribution in [0.4, 0.5) is 0 Å². The quantitative estimate of drug-likeness (QED) is 0.618. The van der Waals surface area contributed by atoms with E-state index >= 15 is 0 Å². The van der Waals surface area contributed by atoms with Crippen LogP contribution in [0, 0.1) is 17.8 Å². The van der Waals surface area contributed by atoms with Crippen LogP contribution >= 0.6 is 0 Å². The van der Waals surface area contributed by atoms with Crippen LogP contribution in [0.3, 0.4) is 0 Å². The van der Waals surface area contributed by atoms with E-state index in [2.05, 4.69) is 20.8 Å². The van der Waals surface area contributed by atoms with E-state index < -0.39 is 0 Å². The summed E-state index contributed by atoms with van der Waals surface area (Å²) in [6, 6.07) is 0. The summed E-state index contributed by atoms with van der Waals surface area (Å²) in [5, 5.41) is 9.38. The molecular weight excluding hydrogens is 136 g/mol. The first-order valence-electron chi connectivity index (χ1n) is 4.79. The van der Waals surface area contributed by atoms with Crippen LogP contribution in [0.1, 0.15) is 40.0 Å². The van der Waals surface area contributed by atoms with E-state index in [4.69, 9.17) is 0 Å². The molecule has 1 aliphatic carbocycles. The molecule has 1 heteroatoms. The van der Waals surface area contributed by atoms with E-state index in [1.54, 1.807) is 0 Å². The first-order chi connectivity index (χ1) is 5.11. The fraction of sp³-hybridized carbons (Fsp3) is 1.00. The topological polar surface area (TPSA) is 20.2 Å². The maximum Gasteiger partial charge on any atom is 0.0543 e. The highest BCUT2D eigenvalue weighted by Crippen LogP contribution is 2.34. The maximum absolute atomic E-state index is 9.38. The average Bonchev–Trinajstić information content (AvgIpc) is 1.85. The normalized spacial score (nSPS) is 39.5. The molecule has 1 aliphatic rings. The van der Waals surface area contributed by atoms with Crippen molar-refractivity contribution in [1.82, 2.24) is 0 Å². The van der Waals surface area contributed by atoms with Gasteiger partial charge in [0.15, 0.2) is 0 Å². The molecule has 0 heterocycles. The van der Waals surface area contributed by atoms with E-state index in [0.29, 0.717) is 0 Å². The molecule has 0 unspecified atom stereocenters. The summed E-state index contributed by atoms with van der Waals surface area (Å²) in [4.78, 5) is 0. The van der Waals surface area contributed by atoms with E-state index in [0.717, 1.165) is 30.6 Å². The molecule has 0 aromatic heterocycles. The van der Waals surface area contributed by atoms with Crippen LogP contribution in [0.5, 0.6) is 0 Å². The van der Waals surface area contributed by atoms with Crippen molar-refractivity contribution in [2.75, 3.05) is 0 Å². The minimum atomic E-state index is -0.0139. The summed E-state index contributed by atoms with van der Waals surface area (Å²) in [6.45, 7) is 6.85. The minimum Gasteiger partial charge on any atom is -0.393 e. The Hall–Kier alpha value is -0.0400. The molecular formula is C10H20O. The lowest BCUT2D eigenvalue weighted by atomic mass is 9.73. The number of rotatable bonds is 1. The molecule has 0 bridgehead atoms. The van der Waals surface area contributed by atoms with Crippen molar-refractivity contribution in [3.05, 3.63) is 0 Å². The Labute approximate surface area is 69.8 Å². The molecule has 1 fully saturated rings. The monoisotopic (exact) mass is 156 g/mol. The lowest BCUT2D eigenvalue weighted by molar-refractivity contribution is 0.0595. The Morgan fingerprint density at radius 2 is 1.91 bits per heavy atom. The average molecular weight is 156 g/mol. The van der Waals surface area contributed by atoms with Crippen molar-refractivity contribution in [3.63, 3.8) is 0 Å². The van der Waals surface area contributed by atoms with Crippen LogP contribution in [0.15, 0.2) is 0 Å². The van der Waals surface area contributed by atoms with Gasteiger partial charge in [0.05, 0.1) is 6.10 Å². The van der Waals surface area contributed by atoms with Gasteiger partial charge in [-0.05, 0) is 37.0 Å². The molecule has 0 aromatic carbocycles. The lowest BCUT2D eigenvalue weighted by Crippen LogP contribution is -2.28. The SMILES string of the molecule is CC(C)[C@@H]1CC[C@H](O)C[C@@H]1C. The zero-order valence-electron chi connectivity index (χ0n) is 7.88. The number of hydrogen-bond donors (Lipinski definition) is 1. The lowest BCUT2D eigenvalue weighted by Gasteiger charge is -2.34. The van der Waals surface area contributed by atoms with Gasteiger partial charge >= 0.3 is 0 Å². The van der Waals surface area contributed by atoms with E-state index in [-0.39, 0.29) is 6.10 Å². The molecule has 0 radical (unpaired) electrons. The van der Waals surface area contributed by atoms with Crippen LogP contribution in [0.2, 0.25) is 0 Å². The van der Waals surface area contributed by atoms with Crippen LogP contribution in [-0.4, -0.2) is 11.2 Å². The third-order valence-corrected chi connectivity index (χ3v) is 3.06. The van der Waals surface area contributed by atoms with Crippen molar-refractivity contribution in [3.8, 4) is 0 Å². The zero-order chi connectivity index (χ0) is 8.43. The first kappa shape index (κ1) is 9.05. The van der Waals surface area contributed by atoms with Gasteiger partial charge < -0.3 is 5.11 Å². The molecule has 1 saturated carbocycles. The van der Waals surface area contributed by atoms with Crippen molar-refractivity contribution >= 4 is 0 Å². The van der Waals surface area contributed by atoms with Crippen LogP contribution in [0.25, 0.3) is 0 Å². The van der Waals surface area contributed by atoms with Crippen LogP contribution in [-0.2, 0) is 0 Å². The van der Waals surface area contributed by atoms with E-state index in [9.17, 15) is 5.11 Å². The molecule has 0 amide bonds. The van der Waals surface area contributed by atoms with Gasteiger partial charge in [0.1, 0.15) is 0 Å². The predicted octanol–water partition coefficient (Wildman–Crippen LogP) is 2.44. The highest BCUT2D eigenvalue weighted by molar-refractivity contribution is 4.78. The van der Waals surface area contributed by atoms with Gasteiger partial charge in [0.2, 0.25) is 0 Å². The third-order valence-electron chi connectivity index (χ3n) is 3.06. The fourth-order valence-corrected chi connectivity index (χ4v) is 2.38. The Bertz CT molecular complexity index is 120. The summed E-state index contributed by atoms with van der Waals surface area (Å²) < 4.78 is 0. The fourth-order valence-electron chi connectivity index (χ4n) is 2.38. The van der Waals surface area contributed by atoms with Crippen molar-refractivity contribution in [2.24, 2.45) is 17.8 Å². The smallest absolute Gasteiger partial charge is 0.0543 e. The zero-order valence-corrected chi connectivity index (χ0v) is 7.88. The second-order valence-electron chi connectivity index (χ2n) is 4.35. The van der Waals surface area contributed by atoms with Gasteiger partial charge in [-0.1, -0.05) is 20.8 Å². The van der Waals surface area contributed by atoms with Gasteiger partial charge in [-0.25, -0.2) is 0 Å². The summed E-state index contributed by atoms with van der Waals surface area (Å²) >= 11 is 0. The van der Waals surface area contributed by atoms with Crippen molar-refractivity contribution in [2.45, 2.75) is 46.1 Å². The van der Waals surface area contributed by atoms with Crippen molar-refractivity contribution in [1.29, 1.82) is 0 Å². The molecule has 0 aliphatic heterocycles. The van der Waals surface area contributed by atoms with Gasteiger partial charge in [0, 0.05) is 0 Å². The first-order valence-corrected chi connectivity index (χ1v) is 4.79. The molecule has 0 saturated heterocycles. The van der Waals surface area contributed by atoms with Crippen LogP contribution < -0.4 is 0 Å². The molecule has 66 valence electrons. The van der Waals surface area contributed by atoms with Crippen molar-refractivity contribution < 1.29 is 5.11 Å². The van der Waals surface area contributed by atoms with E-state index in [1.165, 1.54) is 6.42 Å². The highest BCUT2D eigenvalue weighted by Gasteiger charge is 2.27. The molecule has 0 spiro atoms. The molecule has 0 aromatic rings. The van der Waals surface area contributed by atoms with Gasteiger partial charge in [-0.3, -0.25) is 0 Å². The largest absolute Gasteiger partial charge is 0.393 e. The Balaban J connectivity index is 2.44. The Morgan fingerprint density at radius 3 is 2.36 bits per heavy atom. The second-order valence-corrected chi connectivity index (χ2v) is 4.35. The van der Waals surface area contributed by atoms with E-state index in [1.807, 2.05) is 0 Å². The number of aliphatic hydroxyl groups excluding tert-OH is 1. The maximum atomic E-state index is 9.38. The van der Waals surface area contributed by atoms with Gasteiger partial charge in [-0.15, -0.1) is 0 Å². The number of aliphatic hydroxyl groups is 1. The Morgan fingerprint density at radius 1 is 1.27 bits per heavy atom. The number of hydrogen-bond acceptors (Lipinski definition) is 1. The summed E-state index contributed by atoms with van der Waals surface area (Å²) in [5.41, 5.74) is 0. The molecule has 11 heavy (non-hydrogen) atoms. The summed E-state index contributed by atoms with van der Waals surface area (Å²) in [6.07, 6.45) is 3.25. The van der Waals surface area contributed by atoms with Gasteiger partial charge in [0.25, 0.3) is 0 Å².